The maximum absolute atomic E-state index is 12.9. The Labute approximate surface area is 158 Å². The van der Waals surface area contributed by atoms with Crippen molar-refractivity contribution in [2.24, 2.45) is 0 Å². The first-order chi connectivity index (χ1) is 12.5. The lowest BCUT2D eigenvalue weighted by Crippen LogP contribution is -2.31. The summed E-state index contributed by atoms with van der Waals surface area (Å²) < 4.78 is 10.6. The highest BCUT2D eigenvalue weighted by atomic mass is 32.1. The first-order valence-corrected chi connectivity index (χ1v) is 8.66. The second kappa shape index (κ2) is 7.58. The van der Waals surface area contributed by atoms with Crippen molar-refractivity contribution in [3.63, 3.8) is 0 Å². The number of carbonyl (C=O) groups excluding carboxylic acids is 1. The minimum Gasteiger partial charge on any atom is -0.497 e. The first kappa shape index (κ1) is 17.9. The van der Waals surface area contributed by atoms with Crippen LogP contribution in [-0.4, -0.2) is 36.7 Å². The van der Waals surface area contributed by atoms with E-state index >= 15 is 0 Å². The number of carbonyl (C=O) groups is 1. The average Bonchev–Trinajstić information content (AvgIpc) is 2.87. The van der Waals surface area contributed by atoms with E-state index in [1.54, 1.807) is 19.1 Å². The smallest absolute Gasteiger partial charge is 0.281 e. The topological polar surface area (TPSA) is 42.0 Å². The van der Waals surface area contributed by atoms with Crippen LogP contribution in [-0.2, 0) is 4.79 Å². The van der Waals surface area contributed by atoms with Crippen molar-refractivity contribution in [3.05, 3.63) is 59.8 Å². The molecular formula is C20H20N2O3S. The summed E-state index contributed by atoms with van der Waals surface area (Å²) >= 11 is 5.48. The number of hydrogen-bond donors (Lipinski definition) is 0. The van der Waals surface area contributed by atoms with Crippen LogP contribution in [0.15, 0.2) is 54.2 Å². The van der Waals surface area contributed by atoms with Gasteiger partial charge in [-0.2, -0.15) is 0 Å². The minimum absolute atomic E-state index is 0.155. The van der Waals surface area contributed by atoms with Gasteiger partial charge in [-0.25, -0.2) is 0 Å². The molecule has 0 spiro atoms. The number of ether oxygens (including phenoxy) is 2. The lowest BCUT2D eigenvalue weighted by molar-refractivity contribution is -0.114. The molecule has 1 heterocycles. The molecule has 0 N–H and O–H groups in total. The Kier molecular flexibility index (Phi) is 5.23. The predicted octanol–water partition coefficient (Wildman–Crippen LogP) is 3.70. The molecule has 1 saturated heterocycles. The van der Waals surface area contributed by atoms with E-state index in [1.807, 2.05) is 61.5 Å². The lowest BCUT2D eigenvalue weighted by atomic mass is 10.1. The number of thiocarbonyl (C=S) groups is 1. The summed E-state index contributed by atoms with van der Waals surface area (Å²) in [6.07, 6.45) is 1.82. The normalized spacial score (nSPS) is 15.7. The fourth-order valence-electron chi connectivity index (χ4n) is 2.70. The van der Waals surface area contributed by atoms with Crippen LogP contribution >= 0.6 is 12.2 Å². The zero-order valence-electron chi connectivity index (χ0n) is 14.9. The minimum atomic E-state index is -0.155. The van der Waals surface area contributed by atoms with Crippen molar-refractivity contribution >= 4 is 35.0 Å². The molecule has 3 rings (SSSR count). The summed E-state index contributed by atoms with van der Waals surface area (Å²) in [5.41, 5.74) is 2.14. The molecule has 0 bridgehead atoms. The third-order valence-corrected chi connectivity index (χ3v) is 4.54. The number of anilines is 1. The van der Waals surface area contributed by atoms with Gasteiger partial charge >= 0.3 is 0 Å². The highest BCUT2D eigenvalue weighted by Crippen LogP contribution is 2.29. The molecule has 0 radical (unpaired) electrons. The molecule has 1 aliphatic rings. The van der Waals surface area contributed by atoms with Gasteiger partial charge in [0.1, 0.15) is 17.2 Å². The van der Waals surface area contributed by atoms with E-state index in [9.17, 15) is 4.79 Å². The first-order valence-electron chi connectivity index (χ1n) is 8.26. The molecule has 1 fully saturated rings. The third-order valence-electron chi connectivity index (χ3n) is 4.09. The third kappa shape index (κ3) is 3.41. The Morgan fingerprint density at radius 3 is 2.23 bits per heavy atom. The van der Waals surface area contributed by atoms with Gasteiger partial charge in [-0.1, -0.05) is 12.1 Å². The average molecular weight is 368 g/mol. The van der Waals surface area contributed by atoms with Gasteiger partial charge in [0, 0.05) is 7.05 Å². The zero-order valence-corrected chi connectivity index (χ0v) is 15.7. The number of rotatable bonds is 5. The molecule has 2 aromatic rings. The summed E-state index contributed by atoms with van der Waals surface area (Å²) in [6.45, 7) is 2.52. The Bertz CT molecular complexity index is 844. The number of amides is 1. The molecule has 0 aromatic heterocycles. The van der Waals surface area contributed by atoms with E-state index < -0.39 is 0 Å². The van der Waals surface area contributed by atoms with Crippen molar-refractivity contribution in [1.82, 2.24) is 4.90 Å². The molecule has 6 heteroatoms. The molecule has 0 aliphatic carbocycles. The SMILES string of the molecule is CCOc1ccc(N2C(=O)/C(=C/c3ccc(OC)cc3)N(C)C2=S)cc1. The maximum Gasteiger partial charge on any atom is 0.281 e. The van der Waals surface area contributed by atoms with E-state index in [0.717, 1.165) is 17.1 Å². The van der Waals surface area contributed by atoms with Crippen molar-refractivity contribution in [3.8, 4) is 11.5 Å². The van der Waals surface area contributed by atoms with Gasteiger partial charge in [-0.3, -0.25) is 9.69 Å². The van der Waals surface area contributed by atoms with E-state index in [1.165, 1.54) is 4.90 Å². The van der Waals surface area contributed by atoms with Crippen LogP contribution in [0.4, 0.5) is 5.69 Å². The largest absolute Gasteiger partial charge is 0.497 e. The molecular weight excluding hydrogens is 348 g/mol. The van der Waals surface area contributed by atoms with Crippen LogP contribution in [0.2, 0.25) is 0 Å². The zero-order chi connectivity index (χ0) is 18.7. The Hall–Kier alpha value is -2.86. The monoisotopic (exact) mass is 368 g/mol. The van der Waals surface area contributed by atoms with E-state index in [2.05, 4.69) is 0 Å². The molecule has 0 unspecified atom stereocenters. The van der Waals surface area contributed by atoms with Gasteiger partial charge in [-0.15, -0.1) is 0 Å². The van der Waals surface area contributed by atoms with Crippen molar-refractivity contribution in [1.29, 1.82) is 0 Å². The highest BCUT2D eigenvalue weighted by molar-refractivity contribution is 7.80. The Morgan fingerprint density at radius 1 is 1.04 bits per heavy atom. The molecule has 2 aromatic carbocycles. The highest BCUT2D eigenvalue weighted by Gasteiger charge is 2.36. The molecule has 1 aliphatic heterocycles. The fourth-order valence-corrected chi connectivity index (χ4v) is 2.99. The van der Waals surface area contributed by atoms with Crippen molar-refractivity contribution < 1.29 is 14.3 Å². The maximum atomic E-state index is 12.9. The number of methoxy groups -OCH3 is 1. The second-order valence-corrected chi connectivity index (χ2v) is 6.08. The van der Waals surface area contributed by atoms with Gasteiger partial charge in [-0.05, 0) is 67.2 Å². The van der Waals surface area contributed by atoms with Crippen LogP contribution in [0.3, 0.4) is 0 Å². The van der Waals surface area contributed by atoms with Gasteiger partial charge in [0.2, 0.25) is 0 Å². The van der Waals surface area contributed by atoms with Crippen molar-refractivity contribution in [2.45, 2.75) is 6.92 Å². The van der Waals surface area contributed by atoms with Crippen LogP contribution in [0.25, 0.3) is 6.08 Å². The van der Waals surface area contributed by atoms with Crippen LogP contribution in [0, 0.1) is 0 Å². The van der Waals surface area contributed by atoms with E-state index in [-0.39, 0.29) is 5.91 Å². The molecule has 5 nitrogen and oxygen atoms in total. The number of benzene rings is 2. The van der Waals surface area contributed by atoms with Gasteiger partial charge < -0.3 is 14.4 Å². The fraction of sp³-hybridized carbons (Fsp3) is 0.200. The number of hydrogen-bond acceptors (Lipinski definition) is 4. The summed E-state index contributed by atoms with van der Waals surface area (Å²) in [5.74, 6) is 1.37. The van der Waals surface area contributed by atoms with Crippen LogP contribution in [0.5, 0.6) is 11.5 Å². The summed E-state index contributed by atoms with van der Waals surface area (Å²) in [4.78, 5) is 16.2. The standard InChI is InChI=1S/C20H20N2O3S/c1-4-25-17-11-7-15(8-12-17)22-19(23)18(21(2)20(22)26)13-14-5-9-16(24-3)10-6-14/h5-13H,4H2,1-3H3/b18-13-. The summed E-state index contributed by atoms with van der Waals surface area (Å²) in [6, 6.07) is 14.8. The van der Waals surface area contributed by atoms with E-state index in [4.69, 9.17) is 21.7 Å². The number of likely N-dealkylation sites (N-methyl/N-ethyl adjacent to an activating group) is 1. The number of nitrogens with zero attached hydrogens (tertiary/aromatic N) is 2. The van der Waals surface area contributed by atoms with Crippen molar-refractivity contribution in [2.75, 3.05) is 25.7 Å². The molecule has 0 atom stereocenters. The lowest BCUT2D eigenvalue weighted by Gasteiger charge is -2.16. The summed E-state index contributed by atoms with van der Waals surface area (Å²) in [5, 5.41) is 0.443. The Balaban J connectivity index is 1.89. The molecule has 134 valence electrons. The summed E-state index contributed by atoms with van der Waals surface area (Å²) in [7, 11) is 3.42. The predicted molar refractivity (Wildman–Crippen MR) is 106 cm³/mol. The van der Waals surface area contributed by atoms with E-state index in [0.29, 0.717) is 23.1 Å². The molecule has 26 heavy (non-hydrogen) atoms. The van der Waals surface area contributed by atoms with Crippen LogP contribution in [0.1, 0.15) is 12.5 Å². The van der Waals surface area contributed by atoms with Gasteiger partial charge in [0.05, 0.1) is 19.4 Å². The quantitative estimate of drug-likeness (QED) is 0.595. The van der Waals surface area contributed by atoms with Gasteiger partial charge in [0.25, 0.3) is 5.91 Å². The molecule has 0 saturated carbocycles. The van der Waals surface area contributed by atoms with Crippen LogP contribution < -0.4 is 14.4 Å². The second-order valence-electron chi connectivity index (χ2n) is 5.71. The molecule has 1 amide bonds. The Morgan fingerprint density at radius 2 is 1.65 bits per heavy atom. The van der Waals surface area contributed by atoms with Gasteiger partial charge in [0.15, 0.2) is 5.11 Å².